The second-order valence-electron chi connectivity index (χ2n) is 7.95. The topological polar surface area (TPSA) is 37.4 Å². The van der Waals surface area contributed by atoms with E-state index in [-0.39, 0.29) is 41.4 Å². The molecule has 0 N–H and O–H groups in total. The Kier molecular flexibility index (Phi) is 3.00. The van der Waals surface area contributed by atoms with Gasteiger partial charge in [0.1, 0.15) is 0 Å². The minimum absolute atomic E-state index is 0.0102. The largest absolute Gasteiger partial charge is 0.282 e. The van der Waals surface area contributed by atoms with Crippen molar-refractivity contribution in [3.8, 4) is 0 Å². The molecule has 0 spiro atoms. The van der Waals surface area contributed by atoms with E-state index in [2.05, 4.69) is 38.1 Å². The van der Waals surface area contributed by atoms with Gasteiger partial charge in [0.2, 0.25) is 11.8 Å². The number of imide groups is 1. The molecule has 3 aliphatic carbocycles. The molecule has 0 aromatic heterocycles. The summed E-state index contributed by atoms with van der Waals surface area (Å²) in [7, 11) is 0. The predicted molar refractivity (Wildman–Crippen MR) is 95.1 cm³/mol. The van der Waals surface area contributed by atoms with Crippen molar-refractivity contribution in [1.29, 1.82) is 0 Å². The Hall–Kier alpha value is -2.42. The normalized spacial score (nSPS) is 29.0. The van der Waals surface area contributed by atoms with E-state index in [1.165, 1.54) is 27.2 Å². The zero-order chi connectivity index (χ0) is 17.3. The summed E-state index contributed by atoms with van der Waals surface area (Å²) in [4.78, 5) is 27.9. The highest BCUT2D eigenvalue weighted by Gasteiger charge is 2.61. The van der Waals surface area contributed by atoms with Crippen molar-refractivity contribution in [2.45, 2.75) is 25.7 Å². The fraction of sp³-hybridized carbons (Fsp3) is 0.364. The Balaban J connectivity index is 1.73. The Bertz CT molecular complexity index is 785. The lowest BCUT2D eigenvalue weighted by Crippen LogP contribution is -2.41. The van der Waals surface area contributed by atoms with Gasteiger partial charge in [0.05, 0.1) is 11.8 Å². The number of hydrogen-bond donors (Lipinski definition) is 0. The average Bonchev–Trinajstić information content (AvgIpc) is 2.87. The molecule has 2 amide bonds. The molecule has 2 aromatic rings. The van der Waals surface area contributed by atoms with Crippen molar-refractivity contribution in [1.82, 2.24) is 4.90 Å². The minimum Gasteiger partial charge on any atom is -0.282 e. The van der Waals surface area contributed by atoms with E-state index in [4.69, 9.17) is 0 Å². The third-order valence-electron chi connectivity index (χ3n) is 6.09. The molecule has 3 nitrogen and oxygen atoms in total. The Morgan fingerprint density at radius 1 is 0.760 bits per heavy atom. The Morgan fingerprint density at radius 3 is 1.44 bits per heavy atom. The third kappa shape index (κ3) is 1.81. The average molecular weight is 331 g/mol. The van der Waals surface area contributed by atoms with Gasteiger partial charge >= 0.3 is 0 Å². The van der Waals surface area contributed by atoms with Crippen molar-refractivity contribution in [3.05, 3.63) is 70.8 Å². The summed E-state index contributed by atoms with van der Waals surface area (Å²) in [5.41, 5.74) is 4.94. The molecule has 6 rings (SSSR count). The molecule has 2 bridgehead atoms. The number of amides is 2. The molecule has 3 heteroatoms. The maximum Gasteiger partial charge on any atom is 0.234 e. The van der Waals surface area contributed by atoms with Gasteiger partial charge in [-0.15, -0.1) is 0 Å². The van der Waals surface area contributed by atoms with Gasteiger partial charge in [-0.05, 0) is 28.2 Å². The maximum absolute atomic E-state index is 13.2. The standard InChI is InChI=1S/C22H21NO2/c1-12(2)11-23-21(24)19-17-13-7-3-4-8-14(13)18(20(19)22(23)25)16-10-6-5-9-15(16)17/h3-10,12,17-20H,11H2,1-2H3. The molecule has 2 unspecified atom stereocenters. The number of rotatable bonds is 2. The molecule has 2 aromatic carbocycles. The first-order chi connectivity index (χ1) is 12.1. The van der Waals surface area contributed by atoms with Gasteiger partial charge in [0.15, 0.2) is 0 Å². The molecule has 1 aliphatic heterocycles. The maximum atomic E-state index is 13.2. The second-order valence-corrected chi connectivity index (χ2v) is 7.95. The second kappa shape index (κ2) is 5.04. The van der Waals surface area contributed by atoms with Gasteiger partial charge in [-0.25, -0.2) is 0 Å². The lowest BCUT2D eigenvalue weighted by molar-refractivity contribution is -0.140. The van der Waals surface area contributed by atoms with E-state index >= 15 is 0 Å². The highest BCUT2D eigenvalue weighted by molar-refractivity contribution is 6.07. The summed E-state index contributed by atoms with van der Waals surface area (Å²) < 4.78 is 0. The zero-order valence-corrected chi connectivity index (χ0v) is 14.5. The minimum atomic E-state index is -0.235. The molecule has 126 valence electrons. The van der Waals surface area contributed by atoms with Gasteiger partial charge in [-0.3, -0.25) is 14.5 Å². The Labute approximate surface area is 147 Å². The first-order valence-electron chi connectivity index (χ1n) is 9.12. The molecular weight excluding hydrogens is 310 g/mol. The third-order valence-corrected chi connectivity index (χ3v) is 6.09. The molecule has 2 atom stereocenters. The summed E-state index contributed by atoms with van der Waals surface area (Å²) in [6, 6.07) is 16.7. The number of hydrogen-bond acceptors (Lipinski definition) is 2. The van der Waals surface area contributed by atoms with Crippen LogP contribution >= 0.6 is 0 Å². The number of carbonyl (C=O) groups is 2. The smallest absolute Gasteiger partial charge is 0.234 e. The summed E-state index contributed by atoms with van der Waals surface area (Å²) >= 11 is 0. The SMILES string of the molecule is CC(C)CN1C(=O)C2C3c4ccccc4C(c4ccccc43)C2C1=O. The van der Waals surface area contributed by atoms with Gasteiger partial charge < -0.3 is 0 Å². The molecule has 1 fully saturated rings. The van der Waals surface area contributed by atoms with Crippen LogP contribution in [0, 0.1) is 17.8 Å². The van der Waals surface area contributed by atoms with Crippen LogP contribution in [0.2, 0.25) is 0 Å². The van der Waals surface area contributed by atoms with Crippen molar-refractivity contribution >= 4 is 11.8 Å². The first kappa shape index (κ1) is 14.9. The molecule has 0 saturated carbocycles. The predicted octanol–water partition coefficient (Wildman–Crippen LogP) is 3.53. The van der Waals surface area contributed by atoms with Gasteiger partial charge in [-0.2, -0.15) is 0 Å². The molecule has 4 aliphatic rings. The van der Waals surface area contributed by atoms with Gasteiger partial charge in [-0.1, -0.05) is 62.4 Å². The van der Waals surface area contributed by atoms with Crippen molar-refractivity contribution < 1.29 is 9.59 Å². The van der Waals surface area contributed by atoms with E-state index in [9.17, 15) is 9.59 Å². The molecule has 1 heterocycles. The van der Waals surface area contributed by atoms with Crippen molar-refractivity contribution in [3.63, 3.8) is 0 Å². The number of carbonyl (C=O) groups excluding carboxylic acids is 2. The summed E-state index contributed by atoms with van der Waals surface area (Å²) in [5, 5.41) is 0. The number of benzene rings is 2. The molecule has 0 radical (unpaired) electrons. The van der Waals surface area contributed by atoms with E-state index in [1.807, 2.05) is 24.3 Å². The van der Waals surface area contributed by atoms with Crippen LogP contribution in [-0.4, -0.2) is 23.3 Å². The molecule has 1 saturated heterocycles. The first-order valence-corrected chi connectivity index (χ1v) is 9.12. The van der Waals surface area contributed by atoms with E-state index < -0.39 is 0 Å². The van der Waals surface area contributed by atoms with Crippen LogP contribution in [0.4, 0.5) is 0 Å². The quantitative estimate of drug-likeness (QED) is 0.790. The number of nitrogens with zero attached hydrogens (tertiary/aromatic N) is 1. The van der Waals surface area contributed by atoms with Crippen LogP contribution in [0.15, 0.2) is 48.5 Å². The van der Waals surface area contributed by atoms with Crippen LogP contribution in [0.5, 0.6) is 0 Å². The van der Waals surface area contributed by atoms with Crippen LogP contribution < -0.4 is 0 Å². The molecular formula is C22H21NO2. The summed E-state index contributed by atoms with van der Waals surface area (Å²) in [5.74, 6) is -0.102. The van der Waals surface area contributed by atoms with E-state index in [0.29, 0.717) is 6.54 Å². The van der Waals surface area contributed by atoms with E-state index in [0.717, 1.165) is 0 Å². The lowest BCUT2D eigenvalue weighted by Gasteiger charge is -2.45. The fourth-order valence-corrected chi connectivity index (χ4v) is 5.28. The zero-order valence-electron chi connectivity index (χ0n) is 14.5. The highest BCUT2D eigenvalue weighted by atomic mass is 16.2. The van der Waals surface area contributed by atoms with Crippen LogP contribution in [0.1, 0.15) is 47.9 Å². The lowest BCUT2D eigenvalue weighted by atomic mass is 9.55. The summed E-state index contributed by atoms with van der Waals surface area (Å²) in [6.45, 7) is 4.64. The monoisotopic (exact) mass is 331 g/mol. The fourth-order valence-electron chi connectivity index (χ4n) is 5.28. The Morgan fingerprint density at radius 2 is 1.12 bits per heavy atom. The van der Waals surface area contributed by atoms with Gasteiger partial charge in [0.25, 0.3) is 0 Å². The molecule has 25 heavy (non-hydrogen) atoms. The van der Waals surface area contributed by atoms with Crippen molar-refractivity contribution in [2.75, 3.05) is 6.54 Å². The van der Waals surface area contributed by atoms with Crippen molar-refractivity contribution in [2.24, 2.45) is 17.8 Å². The van der Waals surface area contributed by atoms with Crippen LogP contribution in [0.3, 0.4) is 0 Å². The van der Waals surface area contributed by atoms with Crippen LogP contribution in [-0.2, 0) is 9.59 Å². The summed E-state index contributed by atoms with van der Waals surface area (Å²) in [6.07, 6.45) is 0. The van der Waals surface area contributed by atoms with Gasteiger partial charge in [0, 0.05) is 18.4 Å². The van der Waals surface area contributed by atoms with E-state index in [1.54, 1.807) is 0 Å². The highest BCUT2D eigenvalue weighted by Crippen LogP contribution is 2.60. The number of likely N-dealkylation sites (tertiary alicyclic amines) is 1. The van der Waals surface area contributed by atoms with Crippen LogP contribution in [0.25, 0.3) is 0 Å².